The van der Waals surface area contributed by atoms with E-state index in [1.807, 2.05) is 25.1 Å². The minimum atomic E-state index is -3.80. The number of allylic oxidation sites excluding steroid dienone is 1. The van der Waals surface area contributed by atoms with E-state index in [4.69, 9.17) is 4.74 Å². The third-order valence-corrected chi connectivity index (χ3v) is 8.88. The molecule has 34 heavy (non-hydrogen) atoms. The molecule has 1 aliphatic heterocycles. The number of hydrogen-bond acceptors (Lipinski definition) is 7. The number of sulfonamides is 1. The molecule has 0 radical (unpaired) electrons. The summed E-state index contributed by atoms with van der Waals surface area (Å²) in [5.41, 5.74) is 2.83. The molecule has 180 valence electrons. The molecule has 0 fully saturated rings. The van der Waals surface area contributed by atoms with Crippen molar-refractivity contribution in [2.75, 3.05) is 31.0 Å². The van der Waals surface area contributed by atoms with Crippen molar-refractivity contribution >= 4 is 48.8 Å². The molecule has 0 aliphatic carbocycles. The second-order valence-electron chi connectivity index (χ2n) is 7.95. The monoisotopic (exact) mass is 547 g/mol. The average molecular weight is 548 g/mol. The number of aromatic nitrogens is 2. The Morgan fingerprint density at radius 2 is 2.15 bits per heavy atom. The van der Waals surface area contributed by atoms with Crippen LogP contribution in [-0.2, 0) is 10.0 Å². The van der Waals surface area contributed by atoms with Crippen molar-refractivity contribution in [3.63, 3.8) is 0 Å². The summed E-state index contributed by atoms with van der Waals surface area (Å²) in [6.07, 6.45) is 3.87. The molecule has 2 atom stereocenters. The number of aliphatic hydroxyl groups is 1. The molecular formula is C23H26BrN5O4S. The molecule has 1 unspecified atom stereocenters. The molecule has 2 aromatic carbocycles. The van der Waals surface area contributed by atoms with E-state index >= 15 is 0 Å². The van der Waals surface area contributed by atoms with Gasteiger partial charge in [-0.25, -0.2) is 8.42 Å². The topological polar surface area (TPSA) is 129 Å². The van der Waals surface area contributed by atoms with Crippen LogP contribution in [0.1, 0.15) is 17.4 Å². The van der Waals surface area contributed by atoms with E-state index in [1.165, 1.54) is 0 Å². The van der Waals surface area contributed by atoms with Gasteiger partial charge in [0.1, 0.15) is 12.4 Å². The highest BCUT2D eigenvalue weighted by Crippen LogP contribution is 2.31. The number of dihydropyridines is 1. The Labute approximate surface area is 206 Å². The number of nitrogens with one attached hydrogen (secondary N) is 3. The van der Waals surface area contributed by atoms with Crippen molar-refractivity contribution in [1.82, 2.24) is 15.5 Å². The van der Waals surface area contributed by atoms with Gasteiger partial charge < -0.3 is 15.2 Å². The van der Waals surface area contributed by atoms with Crippen molar-refractivity contribution in [1.29, 1.82) is 0 Å². The summed E-state index contributed by atoms with van der Waals surface area (Å²) in [5, 5.41) is 21.9. The first-order valence-electron chi connectivity index (χ1n) is 10.7. The molecule has 0 saturated carbocycles. The van der Waals surface area contributed by atoms with Gasteiger partial charge >= 0.3 is 0 Å². The Morgan fingerprint density at radius 3 is 2.94 bits per heavy atom. The van der Waals surface area contributed by atoms with Crippen molar-refractivity contribution in [3.8, 4) is 5.75 Å². The molecule has 4 N–H and O–H groups in total. The first-order chi connectivity index (χ1) is 16.3. The summed E-state index contributed by atoms with van der Waals surface area (Å²) < 4.78 is 32.7. The number of aryl methyl sites for hydroxylation is 1. The number of halogens is 1. The third kappa shape index (κ3) is 5.49. The van der Waals surface area contributed by atoms with Crippen LogP contribution in [0.4, 0.5) is 5.69 Å². The molecule has 0 bridgehead atoms. The highest BCUT2D eigenvalue weighted by Gasteiger charge is 2.40. The van der Waals surface area contributed by atoms with Crippen LogP contribution in [0.3, 0.4) is 0 Å². The lowest BCUT2D eigenvalue weighted by atomic mass is 10.1. The molecule has 9 nitrogen and oxygen atoms in total. The number of aromatic amines is 1. The lowest BCUT2D eigenvalue weighted by Gasteiger charge is -2.24. The van der Waals surface area contributed by atoms with Gasteiger partial charge in [-0.1, -0.05) is 28.1 Å². The summed E-state index contributed by atoms with van der Waals surface area (Å²) >= 11 is 3.27. The van der Waals surface area contributed by atoms with Crippen LogP contribution in [0, 0.1) is 6.92 Å². The first kappa shape index (κ1) is 24.4. The highest BCUT2D eigenvalue weighted by molar-refractivity contribution is 9.11. The van der Waals surface area contributed by atoms with Crippen molar-refractivity contribution in [2.24, 2.45) is 4.99 Å². The fourth-order valence-electron chi connectivity index (χ4n) is 3.52. The number of anilines is 1. The average Bonchev–Trinajstić information content (AvgIpc) is 3.19. The van der Waals surface area contributed by atoms with E-state index < -0.39 is 19.8 Å². The van der Waals surface area contributed by atoms with Crippen LogP contribution >= 0.6 is 15.9 Å². The summed E-state index contributed by atoms with van der Waals surface area (Å²) in [6, 6.07) is 12.5. The largest absolute Gasteiger partial charge is 0.492 e. The first-order valence-corrected chi connectivity index (χ1v) is 13.0. The molecule has 0 saturated heterocycles. The molecule has 4 rings (SSSR count). The third-order valence-electron chi connectivity index (χ3n) is 5.42. The molecule has 3 aromatic rings. The van der Waals surface area contributed by atoms with Gasteiger partial charge in [-0.15, -0.1) is 0 Å². The summed E-state index contributed by atoms with van der Waals surface area (Å²) in [7, 11) is -3.80. The van der Waals surface area contributed by atoms with Crippen LogP contribution in [-0.4, -0.2) is 59.8 Å². The number of alkyl halides is 1. The fraction of sp³-hybridized carbons (Fsp3) is 0.304. The van der Waals surface area contributed by atoms with E-state index in [1.54, 1.807) is 42.6 Å². The van der Waals surface area contributed by atoms with E-state index in [0.29, 0.717) is 24.4 Å². The van der Waals surface area contributed by atoms with Crippen molar-refractivity contribution in [3.05, 3.63) is 65.9 Å². The number of H-pyrrole nitrogens is 1. The maximum Gasteiger partial charge on any atom is 0.254 e. The summed E-state index contributed by atoms with van der Waals surface area (Å²) in [4.78, 5) is 4.03. The summed E-state index contributed by atoms with van der Waals surface area (Å²) in [6.45, 7) is 3.26. The van der Waals surface area contributed by atoms with E-state index in [-0.39, 0.29) is 13.1 Å². The number of benzene rings is 2. The summed E-state index contributed by atoms with van der Waals surface area (Å²) in [5.74, 6) is 0.738. The van der Waals surface area contributed by atoms with Gasteiger partial charge in [0.05, 0.1) is 23.9 Å². The van der Waals surface area contributed by atoms with Gasteiger partial charge in [-0.2, -0.15) is 5.10 Å². The fourth-order valence-corrected chi connectivity index (χ4v) is 5.17. The maximum absolute atomic E-state index is 12.8. The van der Waals surface area contributed by atoms with Crippen molar-refractivity contribution < 1.29 is 18.3 Å². The lowest BCUT2D eigenvalue weighted by Crippen LogP contribution is -2.39. The van der Waals surface area contributed by atoms with Gasteiger partial charge in [-0.05, 0) is 48.9 Å². The van der Waals surface area contributed by atoms with Crippen LogP contribution in [0.5, 0.6) is 5.75 Å². The van der Waals surface area contributed by atoms with Gasteiger partial charge in [-0.3, -0.25) is 14.8 Å². The number of fused-ring (bicyclic) bond motifs is 1. The van der Waals surface area contributed by atoms with E-state index in [2.05, 4.69) is 41.2 Å². The van der Waals surface area contributed by atoms with Crippen LogP contribution in [0.15, 0.2) is 59.6 Å². The minimum absolute atomic E-state index is 0.0720. The lowest BCUT2D eigenvalue weighted by molar-refractivity contribution is 0.172. The molecule has 0 amide bonds. The van der Waals surface area contributed by atoms with Crippen LogP contribution in [0.25, 0.3) is 10.9 Å². The number of aliphatic hydroxyl groups excluding tert-OH is 1. The minimum Gasteiger partial charge on any atom is -0.492 e. The Balaban J connectivity index is 1.27. The SMILES string of the molecule is Cc1n[nH]c2cc(OCCNCC(O)c3cccc(NS(=O)(=O)[C@@]4(Br)C=CC=NC4)c3)ccc12. The number of nitrogens with zero attached hydrogens (tertiary/aromatic N) is 2. The molecular weight excluding hydrogens is 522 g/mol. The Bertz CT molecular complexity index is 1320. The maximum atomic E-state index is 12.8. The predicted molar refractivity (Wildman–Crippen MR) is 137 cm³/mol. The second kappa shape index (κ2) is 10.3. The molecule has 11 heteroatoms. The normalized spacial score (nSPS) is 18.8. The highest BCUT2D eigenvalue weighted by atomic mass is 79.9. The standard InChI is InChI=1S/C23H26BrN5O4S/c1-16-20-7-6-19(13-21(20)28-27-16)33-11-10-25-14-22(30)17-4-2-5-18(12-17)29-34(31,32)23(24)8-3-9-26-15-23/h2-9,12-13,22,25,29-30H,10-11,14-15H2,1H3,(H,27,28)/t22?,23-/m0/s1. The molecule has 2 heterocycles. The van der Waals surface area contributed by atoms with Gasteiger partial charge in [0.15, 0.2) is 3.66 Å². The number of aliphatic imine (C=N–C) groups is 1. The zero-order chi connectivity index (χ0) is 24.2. The van der Waals surface area contributed by atoms with E-state index in [0.717, 1.165) is 22.3 Å². The number of hydrogen-bond donors (Lipinski definition) is 4. The van der Waals surface area contributed by atoms with Gasteiger partial charge in [0.25, 0.3) is 10.0 Å². The Morgan fingerprint density at radius 1 is 1.29 bits per heavy atom. The van der Waals surface area contributed by atoms with Crippen LogP contribution < -0.4 is 14.8 Å². The van der Waals surface area contributed by atoms with Gasteiger partial charge in [0, 0.05) is 36.4 Å². The quantitative estimate of drug-likeness (QED) is 0.228. The predicted octanol–water partition coefficient (Wildman–Crippen LogP) is 3.05. The molecule has 0 spiro atoms. The second-order valence-corrected chi connectivity index (χ2v) is 11.8. The number of rotatable bonds is 10. The molecule has 1 aromatic heterocycles. The molecule has 1 aliphatic rings. The van der Waals surface area contributed by atoms with E-state index in [9.17, 15) is 13.5 Å². The Hall–Kier alpha value is -2.73. The zero-order valence-electron chi connectivity index (χ0n) is 18.5. The number of ether oxygens (including phenoxy) is 1. The van der Waals surface area contributed by atoms with Gasteiger partial charge in [0.2, 0.25) is 0 Å². The van der Waals surface area contributed by atoms with Crippen LogP contribution in [0.2, 0.25) is 0 Å². The zero-order valence-corrected chi connectivity index (χ0v) is 20.9. The Kier molecular flexibility index (Phi) is 7.36. The smallest absolute Gasteiger partial charge is 0.254 e. The van der Waals surface area contributed by atoms with Crippen molar-refractivity contribution in [2.45, 2.75) is 16.7 Å².